The zero-order chi connectivity index (χ0) is 23.1. The molecule has 0 unspecified atom stereocenters. The van der Waals surface area contributed by atoms with Gasteiger partial charge in [-0.1, -0.05) is 29.8 Å². The normalized spacial score (nSPS) is 10.8. The Bertz CT molecular complexity index is 1220. The Morgan fingerprint density at radius 1 is 1.09 bits per heavy atom. The van der Waals surface area contributed by atoms with Crippen LogP contribution in [-0.4, -0.2) is 17.0 Å². The summed E-state index contributed by atoms with van der Waals surface area (Å²) in [7, 11) is 0. The number of benzene rings is 3. The van der Waals surface area contributed by atoms with Gasteiger partial charge in [0.1, 0.15) is 24.0 Å². The van der Waals surface area contributed by atoms with Crippen LogP contribution in [0.15, 0.2) is 76.8 Å². The standard InChI is InChI=1S/C24H16BrClN2O4/c25-21-12-16(11-18(13-27)23(29)28-20-8-6-19(26)7-9-20)3-10-22(21)32-14-15-1-4-17(5-2-15)24(30)31/h1-12H,14H2,(H,28,29)(H,30,31)/b18-11-. The monoisotopic (exact) mass is 510 g/mol. The quantitative estimate of drug-likeness (QED) is 0.303. The van der Waals surface area contributed by atoms with E-state index in [2.05, 4.69) is 21.2 Å². The van der Waals surface area contributed by atoms with Crippen molar-refractivity contribution in [1.82, 2.24) is 0 Å². The molecule has 0 heterocycles. The topological polar surface area (TPSA) is 99.4 Å². The smallest absolute Gasteiger partial charge is 0.335 e. The van der Waals surface area contributed by atoms with Crippen LogP contribution in [0, 0.1) is 11.3 Å². The number of rotatable bonds is 7. The summed E-state index contributed by atoms with van der Waals surface area (Å²) in [4.78, 5) is 23.3. The molecule has 32 heavy (non-hydrogen) atoms. The number of nitrogens with one attached hydrogen (secondary N) is 1. The summed E-state index contributed by atoms with van der Waals surface area (Å²) < 4.78 is 6.42. The molecule has 3 aromatic carbocycles. The molecule has 1 amide bonds. The Balaban J connectivity index is 1.67. The third kappa shape index (κ3) is 6.20. The van der Waals surface area contributed by atoms with Crippen molar-refractivity contribution >= 4 is 51.2 Å². The van der Waals surface area contributed by atoms with Crippen LogP contribution in [0.25, 0.3) is 6.08 Å². The Morgan fingerprint density at radius 2 is 1.78 bits per heavy atom. The molecule has 8 heteroatoms. The van der Waals surface area contributed by atoms with Crippen molar-refractivity contribution in [2.45, 2.75) is 6.61 Å². The summed E-state index contributed by atoms with van der Waals surface area (Å²) in [5, 5.41) is 21.5. The van der Waals surface area contributed by atoms with Gasteiger partial charge in [0.2, 0.25) is 0 Å². The molecule has 0 aliphatic heterocycles. The largest absolute Gasteiger partial charge is 0.488 e. The van der Waals surface area contributed by atoms with Gasteiger partial charge in [0.25, 0.3) is 5.91 Å². The average Bonchev–Trinajstić information content (AvgIpc) is 2.78. The minimum Gasteiger partial charge on any atom is -0.488 e. The number of carboxylic acid groups (broad SMARTS) is 1. The molecule has 160 valence electrons. The van der Waals surface area contributed by atoms with Crippen molar-refractivity contribution in [3.05, 3.63) is 98.5 Å². The summed E-state index contributed by atoms with van der Waals surface area (Å²) in [6.07, 6.45) is 1.48. The SMILES string of the molecule is N#C/C(=C/c1ccc(OCc2ccc(C(=O)O)cc2)c(Br)c1)C(=O)Nc1ccc(Cl)cc1. The molecule has 0 aliphatic rings. The van der Waals surface area contributed by atoms with Crippen LogP contribution in [0.3, 0.4) is 0 Å². The molecule has 0 aliphatic carbocycles. The van der Waals surface area contributed by atoms with Crippen LogP contribution in [0.1, 0.15) is 21.5 Å². The number of carboxylic acids is 1. The first-order chi connectivity index (χ1) is 15.4. The van der Waals surface area contributed by atoms with E-state index in [4.69, 9.17) is 21.4 Å². The maximum absolute atomic E-state index is 12.4. The van der Waals surface area contributed by atoms with E-state index in [0.29, 0.717) is 26.5 Å². The van der Waals surface area contributed by atoms with Gasteiger partial charge in [-0.05, 0) is 81.7 Å². The summed E-state index contributed by atoms with van der Waals surface area (Å²) in [6.45, 7) is 0.251. The molecule has 0 atom stereocenters. The number of carbonyl (C=O) groups is 2. The van der Waals surface area contributed by atoms with Crippen molar-refractivity contribution < 1.29 is 19.4 Å². The predicted molar refractivity (Wildman–Crippen MR) is 126 cm³/mol. The molecular formula is C24H16BrClN2O4. The van der Waals surface area contributed by atoms with Crippen LogP contribution < -0.4 is 10.1 Å². The highest BCUT2D eigenvalue weighted by Gasteiger charge is 2.11. The van der Waals surface area contributed by atoms with Crippen molar-refractivity contribution in [1.29, 1.82) is 5.26 Å². The van der Waals surface area contributed by atoms with Crippen molar-refractivity contribution in [2.75, 3.05) is 5.32 Å². The van der Waals surface area contributed by atoms with Gasteiger partial charge in [-0.2, -0.15) is 5.26 Å². The fourth-order valence-electron chi connectivity index (χ4n) is 2.68. The second kappa shape index (κ2) is 10.6. The van der Waals surface area contributed by atoms with Crippen molar-refractivity contribution in [2.24, 2.45) is 0 Å². The van der Waals surface area contributed by atoms with E-state index in [1.54, 1.807) is 54.6 Å². The van der Waals surface area contributed by atoms with Gasteiger partial charge in [0, 0.05) is 10.7 Å². The number of nitrogens with zero attached hydrogens (tertiary/aromatic N) is 1. The molecule has 0 spiro atoms. The van der Waals surface area contributed by atoms with E-state index in [0.717, 1.165) is 5.56 Å². The summed E-state index contributed by atoms with van der Waals surface area (Å²) in [5.41, 5.74) is 2.13. The van der Waals surface area contributed by atoms with Gasteiger partial charge >= 0.3 is 5.97 Å². The molecule has 2 N–H and O–H groups in total. The number of carbonyl (C=O) groups excluding carboxylic acids is 1. The van der Waals surface area contributed by atoms with Gasteiger partial charge in [-0.15, -0.1) is 0 Å². The molecule has 0 saturated heterocycles. The number of hydrogen-bond acceptors (Lipinski definition) is 4. The number of nitriles is 1. The van der Waals surface area contributed by atoms with E-state index < -0.39 is 11.9 Å². The van der Waals surface area contributed by atoms with Crippen LogP contribution >= 0.6 is 27.5 Å². The maximum atomic E-state index is 12.4. The first-order valence-electron chi connectivity index (χ1n) is 9.29. The van der Waals surface area contributed by atoms with Gasteiger partial charge in [-0.25, -0.2) is 4.79 Å². The third-order valence-corrected chi connectivity index (χ3v) is 5.20. The second-order valence-electron chi connectivity index (χ2n) is 6.61. The fraction of sp³-hybridized carbons (Fsp3) is 0.0417. The molecule has 6 nitrogen and oxygen atoms in total. The van der Waals surface area contributed by atoms with E-state index in [1.165, 1.54) is 18.2 Å². The van der Waals surface area contributed by atoms with E-state index in [1.807, 2.05) is 6.07 Å². The van der Waals surface area contributed by atoms with Gasteiger partial charge in [0.15, 0.2) is 0 Å². The zero-order valence-electron chi connectivity index (χ0n) is 16.5. The highest BCUT2D eigenvalue weighted by atomic mass is 79.9. The number of amides is 1. The van der Waals surface area contributed by atoms with Crippen LogP contribution in [-0.2, 0) is 11.4 Å². The van der Waals surface area contributed by atoms with E-state index in [-0.39, 0.29) is 17.7 Å². The molecule has 0 bridgehead atoms. The van der Waals surface area contributed by atoms with Crippen molar-refractivity contribution in [3.8, 4) is 11.8 Å². The fourth-order valence-corrected chi connectivity index (χ4v) is 3.31. The summed E-state index contributed by atoms with van der Waals surface area (Å²) in [6, 6.07) is 20.1. The predicted octanol–water partition coefficient (Wildman–Crippen LogP) is 5.93. The third-order valence-electron chi connectivity index (χ3n) is 4.33. The van der Waals surface area contributed by atoms with Gasteiger partial charge in [0.05, 0.1) is 10.0 Å². The Hall–Kier alpha value is -3.60. The lowest BCUT2D eigenvalue weighted by atomic mass is 10.1. The molecule has 0 fully saturated rings. The minimum atomic E-state index is -0.984. The number of ether oxygens (including phenoxy) is 1. The Labute approximate surface area is 197 Å². The Kier molecular flexibility index (Phi) is 7.66. The number of anilines is 1. The maximum Gasteiger partial charge on any atom is 0.335 e. The zero-order valence-corrected chi connectivity index (χ0v) is 18.9. The number of hydrogen-bond donors (Lipinski definition) is 2. The van der Waals surface area contributed by atoms with Gasteiger partial charge < -0.3 is 15.2 Å². The Morgan fingerprint density at radius 3 is 2.38 bits per heavy atom. The van der Waals surface area contributed by atoms with E-state index in [9.17, 15) is 14.9 Å². The van der Waals surface area contributed by atoms with Gasteiger partial charge in [-0.3, -0.25) is 4.79 Å². The number of halogens is 2. The first kappa shape index (κ1) is 23.1. The highest BCUT2D eigenvalue weighted by Crippen LogP contribution is 2.28. The van der Waals surface area contributed by atoms with Crippen LogP contribution in [0.4, 0.5) is 5.69 Å². The van der Waals surface area contributed by atoms with Crippen molar-refractivity contribution in [3.63, 3.8) is 0 Å². The lowest BCUT2D eigenvalue weighted by Gasteiger charge is -2.09. The lowest BCUT2D eigenvalue weighted by Crippen LogP contribution is -2.13. The molecule has 3 rings (SSSR count). The highest BCUT2D eigenvalue weighted by molar-refractivity contribution is 9.10. The summed E-state index contributed by atoms with van der Waals surface area (Å²) >= 11 is 9.27. The van der Waals surface area contributed by atoms with Crippen LogP contribution in [0.2, 0.25) is 5.02 Å². The second-order valence-corrected chi connectivity index (χ2v) is 7.90. The molecule has 0 radical (unpaired) electrons. The summed E-state index contributed by atoms with van der Waals surface area (Å²) in [5.74, 6) is -0.952. The molecule has 0 saturated carbocycles. The van der Waals surface area contributed by atoms with Crippen LogP contribution in [0.5, 0.6) is 5.75 Å². The number of aromatic carboxylic acids is 1. The lowest BCUT2D eigenvalue weighted by molar-refractivity contribution is -0.112. The van der Waals surface area contributed by atoms with E-state index >= 15 is 0 Å². The molecule has 0 aromatic heterocycles. The molecular weight excluding hydrogens is 496 g/mol. The minimum absolute atomic E-state index is 0.0564. The first-order valence-corrected chi connectivity index (χ1v) is 10.5. The average molecular weight is 512 g/mol. The molecule has 3 aromatic rings.